The second-order valence-electron chi connectivity index (χ2n) is 4.58. The number of hydrogen-bond donors (Lipinski definition) is 0. The molecule has 0 aliphatic carbocycles. The van der Waals surface area contributed by atoms with Crippen LogP contribution in [0.15, 0.2) is 18.2 Å². The fourth-order valence-corrected chi connectivity index (χ4v) is 1.70. The maximum Gasteiger partial charge on any atom is 0.319 e. The van der Waals surface area contributed by atoms with Gasteiger partial charge in [-0.05, 0) is 13.8 Å². The van der Waals surface area contributed by atoms with E-state index in [0.29, 0.717) is 0 Å². The summed E-state index contributed by atoms with van der Waals surface area (Å²) in [5, 5.41) is 10.7. The van der Waals surface area contributed by atoms with Gasteiger partial charge in [-0.2, -0.15) is 4.39 Å². The molecule has 0 heterocycles. The van der Waals surface area contributed by atoms with Gasteiger partial charge in [0.2, 0.25) is 5.82 Å². The molecule has 0 unspecified atom stereocenters. The van der Waals surface area contributed by atoms with E-state index in [9.17, 15) is 19.3 Å². The molecule has 0 aliphatic rings. The number of halogens is 1. The first-order valence-corrected chi connectivity index (χ1v) is 6.09. The molecule has 0 N–H and O–H groups in total. The normalized spacial score (nSPS) is 10.9. The summed E-state index contributed by atoms with van der Waals surface area (Å²) >= 11 is 0. The first-order valence-electron chi connectivity index (χ1n) is 6.09. The van der Waals surface area contributed by atoms with Crippen LogP contribution in [0, 0.1) is 15.9 Å². The lowest BCUT2D eigenvalue weighted by Gasteiger charge is -2.25. The van der Waals surface area contributed by atoms with E-state index < -0.39 is 22.4 Å². The van der Waals surface area contributed by atoms with Crippen LogP contribution in [0.25, 0.3) is 0 Å². The number of ether oxygens (including phenoxy) is 1. The molecule has 0 aromatic heterocycles. The summed E-state index contributed by atoms with van der Waals surface area (Å²) in [4.78, 5) is 22.9. The number of carbonyl (C=O) groups excluding carboxylic acids is 1. The number of benzene rings is 1. The average Bonchev–Trinajstić information content (AvgIpc) is 2.39. The lowest BCUT2D eigenvalue weighted by molar-refractivity contribution is -0.387. The predicted octanol–water partition coefficient (Wildman–Crippen LogP) is 2.12. The van der Waals surface area contributed by atoms with Gasteiger partial charge in [-0.15, -0.1) is 0 Å². The molecule has 0 saturated heterocycles. The standard InChI is InChI=1S/C13H17FN2O4/c1-9(2)15(8-12(17)20-3)7-10-5-4-6-11(13(10)14)16(18)19/h4-6,9H,7-8H2,1-3H3. The van der Waals surface area contributed by atoms with Gasteiger partial charge in [-0.25, -0.2) is 0 Å². The van der Waals surface area contributed by atoms with Crippen molar-refractivity contribution in [3.63, 3.8) is 0 Å². The van der Waals surface area contributed by atoms with Gasteiger partial charge in [0.05, 0.1) is 18.6 Å². The summed E-state index contributed by atoms with van der Waals surface area (Å²) in [6, 6.07) is 3.97. The third-order valence-corrected chi connectivity index (χ3v) is 2.92. The van der Waals surface area contributed by atoms with E-state index in [1.165, 1.54) is 19.2 Å². The third kappa shape index (κ3) is 3.99. The van der Waals surface area contributed by atoms with E-state index in [-0.39, 0.29) is 24.7 Å². The highest BCUT2D eigenvalue weighted by molar-refractivity contribution is 5.71. The Kier molecular flexibility index (Phi) is 5.57. The zero-order valence-corrected chi connectivity index (χ0v) is 11.6. The highest BCUT2D eigenvalue weighted by Gasteiger charge is 2.21. The maximum absolute atomic E-state index is 14.0. The van der Waals surface area contributed by atoms with Crippen LogP contribution in [0.4, 0.5) is 10.1 Å². The molecular formula is C13H17FN2O4. The highest BCUT2D eigenvalue weighted by Crippen LogP contribution is 2.21. The molecule has 1 aromatic carbocycles. The molecule has 0 bridgehead atoms. The van der Waals surface area contributed by atoms with Crippen molar-refractivity contribution in [3.8, 4) is 0 Å². The Morgan fingerprint density at radius 2 is 2.15 bits per heavy atom. The van der Waals surface area contributed by atoms with Gasteiger partial charge in [0.25, 0.3) is 0 Å². The van der Waals surface area contributed by atoms with Crippen molar-refractivity contribution >= 4 is 11.7 Å². The van der Waals surface area contributed by atoms with Crippen LogP contribution in [0.1, 0.15) is 19.4 Å². The second-order valence-corrected chi connectivity index (χ2v) is 4.58. The van der Waals surface area contributed by atoms with Crippen LogP contribution >= 0.6 is 0 Å². The van der Waals surface area contributed by atoms with Gasteiger partial charge in [0.15, 0.2) is 0 Å². The van der Waals surface area contributed by atoms with Crippen molar-refractivity contribution < 1.29 is 18.8 Å². The van der Waals surface area contributed by atoms with Crippen LogP contribution in [-0.2, 0) is 16.1 Å². The Hall–Kier alpha value is -2.02. The van der Waals surface area contributed by atoms with E-state index in [4.69, 9.17) is 0 Å². The molecule has 0 amide bonds. The SMILES string of the molecule is COC(=O)CN(Cc1cccc([N+](=O)[O-])c1F)C(C)C. The van der Waals surface area contributed by atoms with Crippen LogP contribution in [-0.4, -0.2) is 35.5 Å². The Morgan fingerprint density at radius 1 is 1.50 bits per heavy atom. The Morgan fingerprint density at radius 3 is 2.65 bits per heavy atom. The zero-order valence-electron chi connectivity index (χ0n) is 11.6. The van der Waals surface area contributed by atoms with E-state index in [1.54, 1.807) is 4.90 Å². The van der Waals surface area contributed by atoms with Crippen molar-refractivity contribution in [1.29, 1.82) is 0 Å². The van der Waals surface area contributed by atoms with Crippen molar-refractivity contribution in [2.45, 2.75) is 26.4 Å². The number of carbonyl (C=O) groups is 1. The van der Waals surface area contributed by atoms with Gasteiger partial charge < -0.3 is 4.74 Å². The van der Waals surface area contributed by atoms with Crippen LogP contribution in [0.2, 0.25) is 0 Å². The van der Waals surface area contributed by atoms with Crippen molar-refractivity contribution in [2.75, 3.05) is 13.7 Å². The van der Waals surface area contributed by atoms with Gasteiger partial charge in [0, 0.05) is 24.2 Å². The van der Waals surface area contributed by atoms with Crippen molar-refractivity contribution in [2.24, 2.45) is 0 Å². The summed E-state index contributed by atoms with van der Waals surface area (Å²) in [6.07, 6.45) is 0. The van der Waals surface area contributed by atoms with E-state index in [2.05, 4.69) is 4.74 Å². The summed E-state index contributed by atoms with van der Waals surface area (Å²) in [5.41, 5.74) is -0.388. The fraction of sp³-hybridized carbons (Fsp3) is 0.462. The number of nitro groups is 1. The first-order chi connectivity index (χ1) is 9.36. The van der Waals surface area contributed by atoms with Crippen LogP contribution in [0.5, 0.6) is 0 Å². The minimum absolute atomic E-state index is 0.00367. The summed E-state index contributed by atoms with van der Waals surface area (Å²) < 4.78 is 18.6. The first kappa shape index (κ1) is 16.0. The molecule has 1 aromatic rings. The molecule has 1 rings (SSSR count). The number of hydrogen-bond acceptors (Lipinski definition) is 5. The maximum atomic E-state index is 14.0. The Labute approximate surface area is 116 Å². The predicted molar refractivity (Wildman–Crippen MR) is 70.6 cm³/mol. The molecule has 6 nitrogen and oxygen atoms in total. The van der Waals surface area contributed by atoms with Crippen LogP contribution < -0.4 is 0 Å². The number of esters is 1. The largest absolute Gasteiger partial charge is 0.468 e. The molecular weight excluding hydrogens is 267 g/mol. The monoisotopic (exact) mass is 284 g/mol. The van der Waals surface area contributed by atoms with Gasteiger partial charge in [-0.1, -0.05) is 12.1 Å². The number of nitro benzene ring substituents is 1. The van der Waals surface area contributed by atoms with E-state index in [1.807, 2.05) is 13.8 Å². The molecule has 0 aliphatic heterocycles. The molecule has 0 radical (unpaired) electrons. The minimum atomic E-state index is -0.868. The topological polar surface area (TPSA) is 72.7 Å². The van der Waals surface area contributed by atoms with E-state index >= 15 is 0 Å². The number of nitrogens with zero attached hydrogens (tertiary/aromatic N) is 2. The molecule has 7 heteroatoms. The van der Waals surface area contributed by atoms with Gasteiger partial charge in [-0.3, -0.25) is 19.8 Å². The lowest BCUT2D eigenvalue weighted by Crippen LogP contribution is -2.36. The summed E-state index contributed by atoms with van der Waals surface area (Å²) in [7, 11) is 1.27. The average molecular weight is 284 g/mol. The molecule has 0 atom stereocenters. The quantitative estimate of drug-likeness (QED) is 0.454. The van der Waals surface area contributed by atoms with Gasteiger partial charge in [0.1, 0.15) is 0 Å². The van der Waals surface area contributed by atoms with Crippen LogP contribution in [0.3, 0.4) is 0 Å². The lowest BCUT2D eigenvalue weighted by atomic mass is 10.1. The highest BCUT2D eigenvalue weighted by atomic mass is 19.1. The molecule has 110 valence electrons. The van der Waals surface area contributed by atoms with Crippen molar-refractivity contribution in [3.05, 3.63) is 39.7 Å². The zero-order chi connectivity index (χ0) is 15.3. The molecule has 0 spiro atoms. The van der Waals surface area contributed by atoms with Gasteiger partial charge >= 0.3 is 11.7 Å². The Bertz CT molecular complexity index is 505. The second kappa shape index (κ2) is 6.95. The third-order valence-electron chi connectivity index (χ3n) is 2.92. The Balaban J connectivity index is 2.97. The van der Waals surface area contributed by atoms with E-state index in [0.717, 1.165) is 6.07 Å². The molecule has 0 fully saturated rings. The minimum Gasteiger partial charge on any atom is -0.468 e. The molecule has 20 heavy (non-hydrogen) atoms. The molecule has 0 saturated carbocycles. The summed E-state index contributed by atoms with van der Waals surface area (Å²) in [6.45, 7) is 3.78. The fourth-order valence-electron chi connectivity index (χ4n) is 1.70. The summed E-state index contributed by atoms with van der Waals surface area (Å²) in [5.74, 6) is -1.31. The smallest absolute Gasteiger partial charge is 0.319 e. The number of methoxy groups -OCH3 is 1. The van der Waals surface area contributed by atoms with Crippen molar-refractivity contribution in [1.82, 2.24) is 4.90 Å². The number of rotatable bonds is 6.